The fraction of sp³-hybridized carbons (Fsp3) is 0.333. The Morgan fingerprint density at radius 2 is 2.16 bits per heavy atom. The Bertz CT molecular complexity index is 598. The molecule has 0 aliphatic heterocycles. The Labute approximate surface area is 120 Å². The number of nitrogens with one attached hydrogen (secondary N) is 1. The van der Waals surface area contributed by atoms with Gasteiger partial charge in [-0.05, 0) is 20.8 Å². The Morgan fingerprint density at radius 3 is 2.74 bits per heavy atom. The summed E-state index contributed by atoms with van der Waals surface area (Å²) in [6.45, 7) is 5.65. The molecule has 5 nitrogen and oxygen atoms in total. The summed E-state index contributed by atoms with van der Waals surface area (Å²) in [5.74, 6) is 0.931. The van der Waals surface area contributed by atoms with Gasteiger partial charge < -0.3 is 5.32 Å². The van der Waals surface area contributed by atoms with E-state index in [0.29, 0.717) is 17.9 Å². The molecule has 2 heterocycles. The second kappa shape index (κ2) is 5.22. The molecule has 0 spiro atoms. The topological polar surface area (TPSA) is 67.8 Å². The molecule has 0 atom stereocenters. The first kappa shape index (κ1) is 13.9. The van der Waals surface area contributed by atoms with Gasteiger partial charge in [-0.15, -0.1) is 11.3 Å². The number of aromatic nitrogens is 3. The van der Waals surface area contributed by atoms with Crippen LogP contribution in [-0.4, -0.2) is 21.2 Å². The summed E-state index contributed by atoms with van der Waals surface area (Å²) >= 11 is 7.49. The third-order valence-corrected chi connectivity index (χ3v) is 3.91. The van der Waals surface area contributed by atoms with E-state index >= 15 is 0 Å². The normalized spacial score (nSPS) is 11.4. The van der Waals surface area contributed by atoms with Crippen LogP contribution in [0.2, 0.25) is 5.15 Å². The van der Waals surface area contributed by atoms with Crippen LogP contribution in [0, 0.1) is 6.92 Å². The fourth-order valence-electron chi connectivity index (χ4n) is 1.63. The Hall–Kier alpha value is -1.53. The highest BCUT2D eigenvalue weighted by Crippen LogP contribution is 2.29. The molecule has 0 bridgehead atoms. The number of aryl methyl sites for hydroxylation is 1. The van der Waals surface area contributed by atoms with Crippen molar-refractivity contribution in [2.75, 3.05) is 5.32 Å². The first-order chi connectivity index (χ1) is 8.94. The number of halogens is 1. The van der Waals surface area contributed by atoms with Gasteiger partial charge >= 0.3 is 0 Å². The van der Waals surface area contributed by atoms with Crippen LogP contribution >= 0.6 is 22.9 Å². The third kappa shape index (κ3) is 2.90. The quantitative estimate of drug-likeness (QED) is 0.694. The number of carbonyl (C=O) groups is 1. The molecule has 0 saturated heterocycles. The molecule has 2 aromatic rings. The number of nitrogens with zero attached hydrogens (tertiary/aromatic N) is 3. The summed E-state index contributed by atoms with van der Waals surface area (Å²) in [6, 6.07) is 0. The van der Waals surface area contributed by atoms with E-state index in [9.17, 15) is 4.79 Å². The molecule has 0 aliphatic carbocycles. The predicted octanol–water partition coefficient (Wildman–Crippen LogP) is 3.05. The van der Waals surface area contributed by atoms with E-state index in [1.165, 1.54) is 11.3 Å². The van der Waals surface area contributed by atoms with Crippen molar-refractivity contribution in [2.45, 2.75) is 26.3 Å². The van der Waals surface area contributed by atoms with Gasteiger partial charge in [-0.1, -0.05) is 11.6 Å². The van der Waals surface area contributed by atoms with Crippen LogP contribution in [0.1, 0.15) is 35.0 Å². The monoisotopic (exact) mass is 296 g/mol. The molecule has 0 saturated carbocycles. The molecule has 0 unspecified atom stereocenters. The molecule has 7 heteroatoms. The van der Waals surface area contributed by atoms with Crippen LogP contribution in [0.5, 0.6) is 0 Å². The largest absolute Gasteiger partial charge is 0.358 e. The maximum absolute atomic E-state index is 11.1. The van der Waals surface area contributed by atoms with Gasteiger partial charge in [-0.2, -0.15) is 0 Å². The first-order valence-corrected chi connectivity index (χ1v) is 6.87. The zero-order valence-corrected chi connectivity index (χ0v) is 12.3. The van der Waals surface area contributed by atoms with E-state index in [0.717, 1.165) is 5.01 Å². The van der Waals surface area contributed by atoms with Crippen LogP contribution in [0.3, 0.4) is 0 Å². The molecule has 19 heavy (non-hydrogen) atoms. The molecule has 0 aromatic carbocycles. The summed E-state index contributed by atoms with van der Waals surface area (Å²) in [6.07, 6.45) is 2.39. The van der Waals surface area contributed by atoms with E-state index in [1.807, 2.05) is 19.2 Å². The lowest BCUT2D eigenvalue weighted by Gasteiger charge is -2.25. The number of hydrogen-bond acceptors (Lipinski definition) is 6. The van der Waals surface area contributed by atoms with Crippen molar-refractivity contribution in [1.82, 2.24) is 15.0 Å². The molecule has 2 aromatic heterocycles. The lowest BCUT2D eigenvalue weighted by Crippen LogP contribution is -2.29. The highest BCUT2D eigenvalue weighted by molar-refractivity contribution is 7.09. The zero-order valence-electron chi connectivity index (χ0n) is 10.8. The van der Waals surface area contributed by atoms with Crippen molar-refractivity contribution < 1.29 is 4.79 Å². The van der Waals surface area contributed by atoms with Crippen LogP contribution in [0.15, 0.2) is 11.6 Å². The maximum Gasteiger partial charge on any atom is 0.156 e. The number of carbonyl (C=O) groups excluding carboxylic acids is 1. The van der Waals surface area contributed by atoms with Gasteiger partial charge in [0.05, 0.1) is 11.1 Å². The molecular weight excluding hydrogens is 284 g/mol. The number of anilines is 1. The summed E-state index contributed by atoms with van der Waals surface area (Å²) in [5.41, 5.74) is -0.187. The van der Waals surface area contributed by atoms with Gasteiger partial charge in [-0.3, -0.25) is 4.79 Å². The minimum Gasteiger partial charge on any atom is -0.358 e. The highest BCUT2D eigenvalue weighted by atomic mass is 35.5. The predicted molar refractivity (Wildman–Crippen MR) is 75.9 cm³/mol. The zero-order chi connectivity index (χ0) is 14.0. The molecule has 2 rings (SSSR count). The summed E-state index contributed by atoms with van der Waals surface area (Å²) in [5, 5.41) is 6.16. The second-order valence-corrected chi connectivity index (χ2v) is 5.78. The van der Waals surface area contributed by atoms with E-state index in [4.69, 9.17) is 11.6 Å². The number of thiazole rings is 1. The second-order valence-electron chi connectivity index (χ2n) is 4.53. The summed E-state index contributed by atoms with van der Waals surface area (Å²) in [7, 11) is 0. The number of rotatable bonds is 4. The molecule has 0 fully saturated rings. The molecular formula is C12H13ClN4OS. The van der Waals surface area contributed by atoms with Crippen molar-refractivity contribution >= 4 is 35.0 Å². The van der Waals surface area contributed by atoms with Gasteiger partial charge in [0.2, 0.25) is 0 Å². The highest BCUT2D eigenvalue weighted by Gasteiger charge is 2.25. The number of aldehydes is 1. The number of hydrogen-bond donors (Lipinski definition) is 1. The lowest BCUT2D eigenvalue weighted by molar-refractivity contribution is 0.112. The van der Waals surface area contributed by atoms with E-state index < -0.39 is 5.54 Å². The van der Waals surface area contributed by atoms with E-state index in [1.54, 1.807) is 13.1 Å². The van der Waals surface area contributed by atoms with Crippen molar-refractivity contribution in [3.05, 3.63) is 33.1 Å². The smallest absolute Gasteiger partial charge is 0.156 e. The molecule has 0 aliphatic rings. The van der Waals surface area contributed by atoms with Crippen LogP contribution < -0.4 is 5.32 Å². The Balaban J connectivity index is 2.41. The van der Waals surface area contributed by atoms with Crippen LogP contribution in [-0.2, 0) is 5.54 Å². The van der Waals surface area contributed by atoms with Crippen molar-refractivity contribution in [1.29, 1.82) is 0 Å². The van der Waals surface area contributed by atoms with E-state index in [-0.39, 0.29) is 10.7 Å². The maximum atomic E-state index is 11.1. The van der Waals surface area contributed by atoms with Crippen molar-refractivity contribution in [3.8, 4) is 0 Å². The lowest BCUT2D eigenvalue weighted by atomic mass is 10.1. The van der Waals surface area contributed by atoms with Crippen LogP contribution in [0.25, 0.3) is 0 Å². The van der Waals surface area contributed by atoms with Crippen molar-refractivity contribution in [2.24, 2.45) is 0 Å². The van der Waals surface area contributed by atoms with Gasteiger partial charge in [0, 0.05) is 11.6 Å². The molecule has 0 amide bonds. The van der Waals surface area contributed by atoms with E-state index in [2.05, 4.69) is 20.3 Å². The fourth-order valence-corrected chi connectivity index (χ4v) is 2.60. The molecule has 100 valence electrons. The summed E-state index contributed by atoms with van der Waals surface area (Å²) in [4.78, 5) is 23.6. The van der Waals surface area contributed by atoms with Gasteiger partial charge in [0.1, 0.15) is 21.8 Å². The Kier molecular flexibility index (Phi) is 3.82. The average Bonchev–Trinajstić information content (AvgIpc) is 2.81. The molecule has 1 N–H and O–H groups in total. The van der Waals surface area contributed by atoms with Crippen LogP contribution in [0.4, 0.5) is 5.82 Å². The summed E-state index contributed by atoms with van der Waals surface area (Å²) < 4.78 is 0. The van der Waals surface area contributed by atoms with Crippen molar-refractivity contribution in [3.63, 3.8) is 0 Å². The minimum atomic E-state index is -0.448. The minimum absolute atomic E-state index is 0.153. The first-order valence-electron chi connectivity index (χ1n) is 5.61. The molecule has 0 radical (unpaired) electrons. The average molecular weight is 297 g/mol. The SMILES string of the molecule is Cc1nc(Cl)c(C=O)c(NC(C)(C)c2nccs2)n1. The Morgan fingerprint density at radius 1 is 1.42 bits per heavy atom. The van der Waals surface area contributed by atoms with Gasteiger partial charge in [0.25, 0.3) is 0 Å². The third-order valence-electron chi connectivity index (χ3n) is 2.53. The van der Waals surface area contributed by atoms with Gasteiger partial charge in [0.15, 0.2) is 6.29 Å². The standard InChI is InChI=1S/C12H13ClN4OS/c1-7-15-9(13)8(6-18)10(16-7)17-12(2,3)11-14-4-5-19-11/h4-6H,1-3H3,(H,15,16,17). The van der Waals surface area contributed by atoms with Gasteiger partial charge in [-0.25, -0.2) is 15.0 Å².